The highest BCUT2D eigenvalue weighted by Gasteiger charge is 2.43. The van der Waals surface area contributed by atoms with Crippen molar-refractivity contribution in [3.05, 3.63) is 98.3 Å². The number of benzene rings is 3. The van der Waals surface area contributed by atoms with Gasteiger partial charge in [0.15, 0.2) is 5.75 Å². The van der Waals surface area contributed by atoms with Gasteiger partial charge >= 0.3 is 0 Å². The van der Waals surface area contributed by atoms with Crippen LogP contribution in [0.3, 0.4) is 0 Å². The zero-order valence-electron chi connectivity index (χ0n) is 21.0. The van der Waals surface area contributed by atoms with E-state index in [0.717, 1.165) is 27.1 Å². The molecule has 0 saturated carbocycles. The van der Waals surface area contributed by atoms with Crippen LogP contribution in [0.2, 0.25) is 15.1 Å². The molecule has 0 radical (unpaired) electrons. The number of likely N-dealkylation sites (tertiary alicyclic amines) is 1. The Morgan fingerprint density at radius 1 is 0.923 bits per heavy atom. The molecule has 3 aromatic carbocycles. The maximum atomic E-state index is 14.0. The first-order valence-corrected chi connectivity index (χ1v) is 14.3. The van der Waals surface area contributed by atoms with Crippen molar-refractivity contribution in [2.24, 2.45) is 5.73 Å². The van der Waals surface area contributed by atoms with E-state index >= 15 is 0 Å². The minimum absolute atomic E-state index is 0.172. The summed E-state index contributed by atoms with van der Waals surface area (Å²) in [5.74, 6) is -0.0862. The number of piperidine rings is 1. The van der Waals surface area contributed by atoms with Gasteiger partial charge in [-0.05, 0) is 48.2 Å². The number of hydrogen-bond donors (Lipinski definition) is 1. The predicted molar refractivity (Wildman–Crippen MR) is 159 cm³/mol. The van der Waals surface area contributed by atoms with E-state index in [9.17, 15) is 9.59 Å². The van der Waals surface area contributed by atoms with Gasteiger partial charge in [0.2, 0.25) is 5.91 Å². The summed E-state index contributed by atoms with van der Waals surface area (Å²) in [5.41, 5.74) is 8.30. The van der Waals surface area contributed by atoms with E-state index in [-0.39, 0.29) is 11.8 Å². The fourth-order valence-corrected chi connectivity index (χ4v) is 7.15. The van der Waals surface area contributed by atoms with Gasteiger partial charge in [0.25, 0.3) is 5.91 Å². The summed E-state index contributed by atoms with van der Waals surface area (Å²) < 4.78 is 5.87. The topological polar surface area (TPSA) is 72.6 Å². The van der Waals surface area contributed by atoms with Crippen molar-refractivity contribution < 1.29 is 14.3 Å². The molecule has 39 heavy (non-hydrogen) atoms. The molecule has 0 spiro atoms. The van der Waals surface area contributed by atoms with Crippen molar-refractivity contribution >= 4 is 58.0 Å². The molecule has 5 rings (SSSR count). The number of methoxy groups -OCH3 is 1. The van der Waals surface area contributed by atoms with Crippen molar-refractivity contribution in [1.29, 1.82) is 0 Å². The second kappa shape index (κ2) is 11.2. The normalized spacial score (nSPS) is 14.7. The molecule has 0 aliphatic carbocycles. The number of primary amides is 1. The van der Waals surface area contributed by atoms with Crippen LogP contribution in [-0.2, 0) is 10.2 Å². The van der Waals surface area contributed by atoms with Gasteiger partial charge < -0.3 is 15.4 Å². The summed E-state index contributed by atoms with van der Waals surface area (Å²) in [7, 11) is 1.55. The number of amides is 2. The lowest BCUT2D eigenvalue weighted by molar-refractivity contribution is -0.125. The zero-order chi connectivity index (χ0) is 27.7. The first kappa shape index (κ1) is 27.5. The van der Waals surface area contributed by atoms with E-state index in [2.05, 4.69) is 0 Å². The summed E-state index contributed by atoms with van der Waals surface area (Å²) in [6.07, 6.45) is 0.872. The Morgan fingerprint density at radius 3 is 2.15 bits per heavy atom. The Morgan fingerprint density at radius 2 is 1.56 bits per heavy atom. The van der Waals surface area contributed by atoms with E-state index in [1.165, 1.54) is 11.3 Å². The summed E-state index contributed by atoms with van der Waals surface area (Å²) in [5, 5.41) is 1.58. The third kappa shape index (κ3) is 5.14. The number of carbonyl (C=O) groups is 2. The second-order valence-corrected chi connectivity index (χ2v) is 11.7. The Hall–Kier alpha value is -3.03. The standard InChI is InChI=1S/C30H25Cl3N2O3S/c1-38-25-24(18-7-9-20(31)10-8-18)26(22-12-11-21(32)17-23(22)33)39-27(25)28(36)35-15-13-30(14-16-35,29(34)37)19-5-3-2-4-6-19/h2-12,17H,13-16H2,1H3,(H2,34,37). The van der Waals surface area contributed by atoms with Crippen LogP contribution in [0.15, 0.2) is 72.8 Å². The van der Waals surface area contributed by atoms with Crippen LogP contribution in [0.25, 0.3) is 21.6 Å². The highest BCUT2D eigenvalue weighted by Crippen LogP contribution is 2.50. The Kier molecular flexibility index (Phi) is 7.92. The van der Waals surface area contributed by atoms with E-state index in [0.29, 0.717) is 51.6 Å². The Balaban J connectivity index is 1.55. The van der Waals surface area contributed by atoms with Crippen LogP contribution in [0.1, 0.15) is 28.1 Å². The SMILES string of the molecule is COc1c(C(=O)N2CCC(C(N)=O)(c3ccccc3)CC2)sc(-c2ccc(Cl)cc2Cl)c1-c1ccc(Cl)cc1. The number of nitrogens with zero attached hydrogens (tertiary/aromatic N) is 1. The van der Waals surface area contributed by atoms with Crippen molar-refractivity contribution in [3.8, 4) is 27.3 Å². The van der Waals surface area contributed by atoms with Gasteiger partial charge in [-0.1, -0.05) is 83.3 Å². The number of carbonyl (C=O) groups excluding carboxylic acids is 2. The van der Waals surface area contributed by atoms with E-state index < -0.39 is 5.41 Å². The number of hydrogen-bond acceptors (Lipinski definition) is 4. The molecule has 0 unspecified atom stereocenters. The lowest BCUT2D eigenvalue weighted by Gasteiger charge is -2.40. The first-order chi connectivity index (χ1) is 18.7. The summed E-state index contributed by atoms with van der Waals surface area (Å²) >= 11 is 20.3. The maximum absolute atomic E-state index is 14.0. The molecular formula is C30H25Cl3N2O3S. The van der Waals surface area contributed by atoms with Gasteiger partial charge in [-0.25, -0.2) is 0 Å². The molecule has 9 heteroatoms. The third-order valence-electron chi connectivity index (χ3n) is 7.27. The highest BCUT2D eigenvalue weighted by molar-refractivity contribution is 7.18. The van der Waals surface area contributed by atoms with Crippen LogP contribution in [0, 0.1) is 0 Å². The van der Waals surface area contributed by atoms with Crippen molar-refractivity contribution in [3.63, 3.8) is 0 Å². The van der Waals surface area contributed by atoms with Gasteiger partial charge in [-0.3, -0.25) is 9.59 Å². The molecule has 2 N–H and O–H groups in total. The lowest BCUT2D eigenvalue weighted by Crippen LogP contribution is -2.51. The lowest BCUT2D eigenvalue weighted by atomic mass is 9.72. The smallest absolute Gasteiger partial charge is 0.267 e. The summed E-state index contributed by atoms with van der Waals surface area (Å²) in [6, 6.07) is 22.2. The molecule has 1 saturated heterocycles. The van der Waals surface area contributed by atoms with Crippen molar-refractivity contribution in [2.75, 3.05) is 20.2 Å². The van der Waals surface area contributed by atoms with E-state index in [1.807, 2.05) is 48.5 Å². The average molecular weight is 600 g/mol. The molecular weight excluding hydrogens is 575 g/mol. The molecule has 200 valence electrons. The van der Waals surface area contributed by atoms with Gasteiger partial charge in [0.05, 0.1) is 17.5 Å². The second-order valence-electron chi connectivity index (χ2n) is 9.40. The van der Waals surface area contributed by atoms with E-state index in [1.54, 1.807) is 36.3 Å². The Bertz CT molecular complexity index is 1530. The minimum atomic E-state index is -0.811. The molecule has 5 nitrogen and oxygen atoms in total. The number of halogens is 3. The highest BCUT2D eigenvalue weighted by atomic mass is 35.5. The van der Waals surface area contributed by atoms with Gasteiger partial charge in [0.1, 0.15) is 4.88 Å². The van der Waals surface area contributed by atoms with Gasteiger partial charge in [-0.2, -0.15) is 0 Å². The molecule has 1 aliphatic heterocycles. The van der Waals surface area contributed by atoms with Crippen molar-refractivity contribution in [2.45, 2.75) is 18.3 Å². The molecule has 2 heterocycles. The van der Waals surface area contributed by atoms with Gasteiger partial charge in [-0.15, -0.1) is 11.3 Å². The minimum Gasteiger partial charge on any atom is -0.494 e. The first-order valence-electron chi connectivity index (χ1n) is 12.3. The maximum Gasteiger partial charge on any atom is 0.267 e. The number of ether oxygens (including phenoxy) is 1. The largest absolute Gasteiger partial charge is 0.494 e. The third-order valence-corrected chi connectivity index (χ3v) is 9.27. The quantitative estimate of drug-likeness (QED) is 0.247. The molecule has 2 amide bonds. The molecule has 4 aromatic rings. The number of thiophene rings is 1. The fraction of sp³-hybridized carbons (Fsp3) is 0.200. The average Bonchev–Trinajstić information content (AvgIpc) is 3.32. The predicted octanol–water partition coefficient (Wildman–Crippen LogP) is 7.71. The monoisotopic (exact) mass is 598 g/mol. The molecule has 1 aliphatic rings. The molecule has 1 fully saturated rings. The number of nitrogens with two attached hydrogens (primary N) is 1. The van der Waals surface area contributed by atoms with Crippen LogP contribution in [0.5, 0.6) is 5.75 Å². The molecule has 0 bridgehead atoms. The van der Waals surface area contributed by atoms with Crippen LogP contribution in [-0.4, -0.2) is 36.9 Å². The summed E-state index contributed by atoms with van der Waals surface area (Å²) in [4.78, 5) is 29.6. The zero-order valence-corrected chi connectivity index (χ0v) is 24.1. The van der Waals surface area contributed by atoms with Crippen LogP contribution >= 0.6 is 46.1 Å². The van der Waals surface area contributed by atoms with Crippen molar-refractivity contribution in [1.82, 2.24) is 4.90 Å². The number of rotatable bonds is 6. The van der Waals surface area contributed by atoms with Crippen LogP contribution in [0.4, 0.5) is 0 Å². The van der Waals surface area contributed by atoms with Crippen LogP contribution < -0.4 is 10.5 Å². The van der Waals surface area contributed by atoms with E-state index in [4.69, 9.17) is 45.3 Å². The molecule has 0 atom stereocenters. The fourth-order valence-electron chi connectivity index (χ4n) is 5.16. The molecule has 1 aromatic heterocycles. The summed E-state index contributed by atoms with van der Waals surface area (Å²) in [6.45, 7) is 0.760. The van der Waals surface area contributed by atoms with Gasteiger partial charge in [0, 0.05) is 39.1 Å². The Labute approximate surface area is 246 Å².